The molecule has 0 spiro atoms. The Kier molecular flexibility index (Phi) is 6.65. The van der Waals surface area contributed by atoms with Crippen molar-refractivity contribution in [2.75, 3.05) is 0 Å². The van der Waals surface area contributed by atoms with Crippen molar-refractivity contribution in [2.45, 2.75) is 44.4 Å². The van der Waals surface area contributed by atoms with Crippen LogP contribution in [0.1, 0.15) is 49.5 Å². The van der Waals surface area contributed by atoms with E-state index in [0.717, 1.165) is 30.4 Å². The molecule has 0 unspecified atom stereocenters. The molecule has 2 nitrogen and oxygen atoms in total. The maximum absolute atomic E-state index is 12.5. The molecule has 1 aromatic carbocycles. The fraction of sp³-hybridized carbons (Fsp3) is 0.500. The average molecular weight is 300 g/mol. The van der Waals surface area contributed by atoms with Crippen LogP contribution in [0, 0.1) is 0 Å². The number of Topliss-reactive ketones (excluding diaryl/α,β-unsaturated/α-hetero) is 1. The smallest absolute Gasteiger partial charge is 0.179 e. The fourth-order valence-corrected chi connectivity index (χ4v) is 2.08. The number of rotatable bonds is 5. The highest BCUT2D eigenvalue weighted by molar-refractivity contribution is 9.10. The molecule has 96 valence electrons. The van der Waals surface area contributed by atoms with Crippen LogP contribution >= 0.6 is 15.9 Å². The van der Waals surface area contributed by atoms with Crippen LogP contribution in [0.15, 0.2) is 24.3 Å². The van der Waals surface area contributed by atoms with Crippen molar-refractivity contribution in [2.24, 2.45) is 0 Å². The lowest BCUT2D eigenvalue weighted by Crippen LogP contribution is -2.31. The fourth-order valence-electron chi connectivity index (χ4n) is 1.86. The molecule has 0 bridgehead atoms. The summed E-state index contributed by atoms with van der Waals surface area (Å²) in [4.78, 5) is 12.5. The van der Waals surface area contributed by atoms with Crippen molar-refractivity contribution in [3.63, 3.8) is 0 Å². The maximum Gasteiger partial charge on any atom is 0.179 e. The van der Waals surface area contributed by atoms with Crippen LogP contribution in [0.25, 0.3) is 0 Å². The van der Waals surface area contributed by atoms with E-state index in [2.05, 4.69) is 22.9 Å². The minimum Gasteiger partial charge on any atom is -0.344 e. The normalized spacial score (nSPS) is 10.8. The lowest BCUT2D eigenvalue weighted by Gasteiger charge is -2.23. The number of benzene rings is 1. The van der Waals surface area contributed by atoms with Gasteiger partial charge < -0.3 is 6.15 Å². The summed E-state index contributed by atoms with van der Waals surface area (Å²) in [5.41, 5.74) is 2.00. The number of hydrogen-bond acceptors (Lipinski definition) is 2. The molecule has 1 rings (SSSR count). The van der Waals surface area contributed by atoms with Gasteiger partial charge in [-0.25, -0.2) is 0 Å². The van der Waals surface area contributed by atoms with Gasteiger partial charge in [0.25, 0.3) is 0 Å². The Morgan fingerprint density at radius 1 is 1.18 bits per heavy atom. The minimum atomic E-state index is -0.391. The molecular formula is C14H22BrNO. The van der Waals surface area contributed by atoms with E-state index in [-0.39, 0.29) is 11.9 Å². The summed E-state index contributed by atoms with van der Waals surface area (Å²) in [6, 6.07) is 7.89. The first kappa shape index (κ1) is 16.3. The summed E-state index contributed by atoms with van der Waals surface area (Å²) in [5, 5.41) is 0. The molecule has 0 amide bonds. The van der Waals surface area contributed by atoms with Crippen LogP contribution < -0.4 is 6.15 Å². The molecule has 0 aliphatic rings. The van der Waals surface area contributed by atoms with Crippen molar-refractivity contribution in [3.05, 3.63) is 35.4 Å². The predicted molar refractivity (Wildman–Crippen MR) is 77.4 cm³/mol. The van der Waals surface area contributed by atoms with E-state index in [0.29, 0.717) is 0 Å². The summed E-state index contributed by atoms with van der Waals surface area (Å²) in [5.74, 6) is 0.218. The highest BCUT2D eigenvalue weighted by atomic mass is 79.9. The number of halogens is 1. The first-order chi connectivity index (χ1) is 7.59. The van der Waals surface area contributed by atoms with Gasteiger partial charge in [0.15, 0.2) is 5.78 Å². The van der Waals surface area contributed by atoms with Gasteiger partial charge in [0.1, 0.15) is 0 Å². The summed E-state index contributed by atoms with van der Waals surface area (Å²) >= 11 is 3.60. The van der Waals surface area contributed by atoms with Crippen LogP contribution in [0.5, 0.6) is 0 Å². The Hall–Kier alpha value is -0.670. The Labute approximate surface area is 113 Å². The van der Waals surface area contributed by atoms with Gasteiger partial charge in [-0.05, 0) is 24.8 Å². The number of hydrogen-bond donors (Lipinski definition) is 1. The van der Waals surface area contributed by atoms with E-state index >= 15 is 0 Å². The molecule has 3 N–H and O–H groups in total. The van der Waals surface area contributed by atoms with Crippen LogP contribution in [-0.2, 0) is 6.42 Å². The zero-order chi connectivity index (χ0) is 12.2. The molecular weight excluding hydrogens is 278 g/mol. The topological polar surface area (TPSA) is 52.1 Å². The van der Waals surface area contributed by atoms with Crippen molar-refractivity contribution >= 4 is 21.7 Å². The molecule has 0 heterocycles. The monoisotopic (exact) mass is 299 g/mol. The SMILES string of the molecule is CCc1ccccc1C(=O)C(Br)(CC)CC.N. The molecule has 0 aliphatic heterocycles. The Bertz CT molecular complexity index is 372. The van der Waals surface area contributed by atoms with Gasteiger partial charge in [0.2, 0.25) is 0 Å². The van der Waals surface area contributed by atoms with Gasteiger partial charge in [-0.1, -0.05) is 61.0 Å². The average Bonchev–Trinajstić information content (AvgIpc) is 2.36. The lowest BCUT2D eigenvalue weighted by molar-refractivity contribution is 0.0940. The number of alkyl halides is 1. The van der Waals surface area contributed by atoms with Gasteiger partial charge in [-0.2, -0.15) is 0 Å². The highest BCUT2D eigenvalue weighted by Gasteiger charge is 2.33. The van der Waals surface area contributed by atoms with Gasteiger partial charge >= 0.3 is 0 Å². The van der Waals surface area contributed by atoms with E-state index in [9.17, 15) is 4.79 Å². The molecule has 0 aliphatic carbocycles. The molecule has 1 aromatic rings. The second-order valence-corrected chi connectivity index (χ2v) is 5.53. The standard InChI is InChI=1S/C14H19BrO.H3N/c1-4-11-9-7-8-10-12(11)13(16)14(15,5-2)6-3;/h7-10H,4-6H2,1-3H3;1H3. The van der Waals surface area contributed by atoms with Gasteiger partial charge in [0.05, 0.1) is 4.32 Å². The van der Waals surface area contributed by atoms with Crippen molar-refractivity contribution < 1.29 is 4.79 Å². The Morgan fingerprint density at radius 3 is 2.18 bits per heavy atom. The molecule has 0 fully saturated rings. The largest absolute Gasteiger partial charge is 0.344 e. The first-order valence-corrected chi connectivity index (χ1v) is 6.70. The number of aryl methyl sites for hydroxylation is 1. The summed E-state index contributed by atoms with van der Waals surface area (Å²) < 4.78 is -0.391. The second kappa shape index (κ2) is 6.92. The third-order valence-corrected chi connectivity index (χ3v) is 4.65. The van der Waals surface area contributed by atoms with E-state index in [1.165, 1.54) is 0 Å². The number of carbonyl (C=O) groups is 1. The van der Waals surface area contributed by atoms with Gasteiger partial charge in [0, 0.05) is 5.56 Å². The minimum absolute atomic E-state index is 0. The summed E-state index contributed by atoms with van der Waals surface area (Å²) in [6.45, 7) is 6.18. The molecule has 0 saturated heterocycles. The van der Waals surface area contributed by atoms with Crippen LogP contribution in [0.2, 0.25) is 0 Å². The lowest BCUT2D eigenvalue weighted by atomic mass is 9.89. The van der Waals surface area contributed by atoms with E-state index < -0.39 is 4.32 Å². The highest BCUT2D eigenvalue weighted by Crippen LogP contribution is 2.31. The van der Waals surface area contributed by atoms with E-state index in [1.54, 1.807) is 0 Å². The van der Waals surface area contributed by atoms with Crippen molar-refractivity contribution in [1.82, 2.24) is 6.15 Å². The number of ketones is 1. The zero-order valence-electron chi connectivity index (χ0n) is 10.9. The van der Waals surface area contributed by atoms with Crippen LogP contribution in [0.3, 0.4) is 0 Å². The molecule has 0 aromatic heterocycles. The molecule has 3 heteroatoms. The molecule has 0 radical (unpaired) electrons. The number of carbonyl (C=O) groups excluding carboxylic acids is 1. The Morgan fingerprint density at radius 2 is 1.71 bits per heavy atom. The van der Waals surface area contributed by atoms with Crippen LogP contribution in [0.4, 0.5) is 0 Å². The summed E-state index contributed by atoms with van der Waals surface area (Å²) in [7, 11) is 0. The van der Waals surface area contributed by atoms with Crippen molar-refractivity contribution in [1.29, 1.82) is 0 Å². The third-order valence-electron chi connectivity index (χ3n) is 3.17. The van der Waals surface area contributed by atoms with Gasteiger partial charge in [-0.15, -0.1) is 0 Å². The summed E-state index contributed by atoms with van der Waals surface area (Å²) in [6.07, 6.45) is 2.54. The molecule has 0 atom stereocenters. The quantitative estimate of drug-likeness (QED) is 0.640. The molecule has 0 saturated carbocycles. The van der Waals surface area contributed by atoms with E-state index in [1.807, 2.05) is 38.1 Å². The van der Waals surface area contributed by atoms with Crippen molar-refractivity contribution in [3.8, 4) is 0 Å². The molecule has 17 heavy (non-hydrogen) atoms. The first-order valence-electron chi connectivity index (χ1n) is 5.90. The van der Waals surface area contributed by atoms with Crippen LogP contribution in [-0.4, -0.2) is 10.1 Å². The third kappa shape index (κ3) is 3.39. The van der Waals surface area contributed by atoms with Gasteiger partial charge in [-0.3, -0.25) is 4.79 Å². The Balaban J connectivity index is 0.00000256. The predicted octanol–water partition coefficient (Wildman–Crippen LogP) is 4.55. The van der Waals surface area contributed by atoms with E-state index in [4.69, 9.17) is 0 Å². The second-order valence-electron chi connectivity index (χ2n) is 4.01. The zero-order valence-corrected chi connectivity index (χ0v) is 12.5. The maximum atomic E-state index is 12.5.